The van der Waals surface area contributed by atoms with Gasteiger partial charge in [0.05, 0.1) is 6.10 Å². The number of carbonyl (C=O) groups is 1. The number of nitrogens with zero attached hydrogens (tertiary/aromatic N) is 1. The van der Waals surface area contributed by atoms with Crippen LogP contribution in [0.4, 0.5) is 5.69 Å². The Morgan fingerprint density at radius 3 is 2.83 bits per heavy atom. The van der Waals surface area contributed by atoms with Crippen molar-refractivity contribution in [1.82, 2.24) is 0 Å². The van der Waals surface area contributed by atoms with E-state index in [2.05, 4.69) is 27.8 Å². The van der Waals surface area contributed by atoms with Crippen LogP contribution in [-0.4, -0.2) is 30.1 Å². The Morgan fingerprint density at radius 1 is 1.50 bits per heavy atom. The molecule has 98 valence electrons. The van der Waals surface area contributed by atoms with Crippen LogP contribution in [-0.2, 0) is 0 Å². The molecule has 0 aliphatic carbocycles. The lowest BCUT2D eigenvalue weighted by atomic mass is 9.95. The molecule has 18 heavy (non-hydrogen) atoms. The van der Waals surface area contributed by atoms with E-state index in [4.69, 9.17) is 0 Å². The fraction of sp³-hybridized carbons (Fsp3) is 0.500. The third-order valence-corrected chi connectivity index (χ3v) is 4.09. The Bertz CT molecular complexity index is 461. The van der Waals surface area contributed by atoms with Crippen LogP contribution in [0.5, 0.6) is 0 Å². The average molecular weight is 312 g/mol. The monoisotopic (exact) mass is 311 g/mol. The molecule has 0 spiro atoms. The smallest absolute Gasteiger partial charge is 0.161 e. The highest BCUT2D eigenvalue weighted by Crippen LogP contribution is 2.29. The van der Waals surface area contributed by atoms with Gasteiger partial charge in [0.25, 0.3) is 0 Å². The Balaban J connectivity index is 2.30. The van der Waals surface area contributed by atoms with Crippen LogP contribution >= 0.6 is 15.9 Å². The average Bonchev–Trinajstić information content (AvgIpc) is 2.32. The molecule has 1 aliphatic rings. The first-order chi connectivity index (χ1) is 8.49. The molecule has 0 aromatic heterocycles. The second-order valence-corrected chi connectivity index (χ2v) is 5.91. The van der Waals surface area contributed by atoms with E-state index < -0.39 is 0 Å². The minimum Gasteiger partial charge on any atom is -0.391 e. The van der Waals surface area contributed by atoms with Crippen LogP contribution in [0.25, 0.3) is 0 Å². The minimum atomic E-state index is -0.317. The summed E-state index contributed by atoms with van der Waals surface area (Å²) in [5.74, 6) is 0.386. The van der Waals surface area contributed by atoms with Gasteiger partial charge in [-0.3, -0.25) is 4.79 Å². The molecule has 2 atom stereocenters. The maximum Gasteiger partial charge on any atom is 0.161 e. The zero-order valence-electron chi connectivity index (χ0n) is 10.7. The molecule has 1 heterocycles. The molecule has 3 nitrogen and oxygen atoms in total. The van der Waals surface area contributed by atoms with Gasteiger partial charge in [0.1, 0.15) is 0 Å². The first-order valence-corrected chi connectivity index (χ1v) is 7.02. The van der Waals surface area contributed by atoms with Crippen LogP contribution in [0.2, 0.25) is 0 Å². The molecule has 1 aromatic carbocycles. The summed E-state index contributed by atoms with van der Waals surface area (Å²) < 4.78 is 0.905. The first kappa shape index (κ1) is 13.6. The highest BCUT2D eigenvalue weighted by molar-refractivity contribution is 9.10. The number of piperidine rings is 1. The number of hydrogen-bond donors (Lipinski definition) is 1. The fourth-order valence-corrected chi connectivity index (χ4v) is 2.69. The molecule has 4 heteroatoms. The number of carbonyl (C=O) groups excluding carboxylic acids is 1. The van der Waals surface area contributed by atoms with Crippen LogP contribution < -0.4 is 4.90 Å². The third kappa shape index (κ3) is 2.75. The molecule has 0 radical (unpaired) electrons. The summed E-state index contributed by atoms with van der Waals surface area (Å²) in [7, 11) is 0. The minimum absolute atomic E-state index is 0.0550. The third-order valence-electron chi connectivity index (χ3n) is 3.60. The van der Waals surface area contributed by atoms with Crippen molar-refractivity contribution in [3.05, 3.63) is 28.2 Å². The summed E-state index contributed by atoms with van der Waals surface area (Å²) >= 11 is 3.39. The number of rotatable bonds is 2. The molecule has 0 bridgehead atoms. The van der Waals surface area contributed by atoms with Crippen molar-refractivity contribution in [2.45, 2.75) is 26.4 Å². The van der Waals surface area contributed by atoms with Gasteiger partial charge < -0.3 is 10.0 Å². The van der Waals surface area contributed by atoms with Gasteiger partial charge in [-0.05, 0) is 37.5 Å². The van der Waals surface area contributed by atoms with Gasteiger partial charge in [0, 0.05) is 28.8 Å². The molecule has 2 unspecified atom stereocenters. The van der Waals surface area contributed by atoms with Crippen LogP contribution in [0.15, 0.2) is 22.7 Å². The number of Topliss-reactive ketones (excluding diaryl/α,β-unsaturated/α-hetero) is 1. The number of anilines is 1. The normalized spacial score (nSPS) is 24.1. The lowest BCUT2D eigenvalue weighted by Gasteiger charge is -2.36. The van der Waals surface area contributed by atoms with E-state index in [9.17, 15) is 9.90 Å². The lowest BCUT2D eigenvalue weighted by molar-refractivity contribution is 0.0996. The SMILES string of the molecule is CC(=O)c1cc(Br)ccc1N1CCC(C)C(O)C1. The van der Waals surface area contributed by atoms with Crippen molar-refractivity contribution < 1.29 is 9.90 Å². The van der Waals surface area contributed by atoms with Gasteiger partial charge in [-0.2, -0.15) is 0 Å². The number of hydrogen-bond acceptors (Lipinski definition) is 3. The van der Waals surface area contributed by atoms with E-state index in [-0.39, 0.29) is 11.9 Å². The number of β-amino-alcohol motifs (C(OH)–C–C–N with tert-alkyl or cyclic N) is 1. The predicted octanol–water partition coefficient (Wildman–Crippen LogP) is 2.86. The van der Waals surface area contributed by atoms with E-state index in [0.29, 0.717) is 18.0 Å². The van der Waals surface area contributed by atoms with Crippen molar-refractivity contribution in [3.8, 4) is 0 Å². The second-order valence-electron chi connectivity index (χ2n) is 5.00. The molecule has 1 aromatic rings. The maximum absolute atomic E-state index is 11.7. The summed E-state index contributed by atoms with van der Waals surface area (Å²) in [4.78, 5) is 13.8. The topological polar surface area (TPSA) is 40.5 Å². The Kier molecular flexibility index (Phi) is 4.07. The Hall–Kier alpha value is -0.870. The summed E-state index contributed by atoms with van der Waals surface area (Å²) in [6.45, 7) is 5.13. The van der Waals surface area contributed by atoms with Gasteiger partial charge in [-0.1, -0.05) is 22.9 Å². The van der Waals surface area contributed by atoms with Gasteiger partial charge in [-0.25, -0.2) is 0 Å². The summed E-state index contributed by atoms with van der Waals surface area (Å²) in [6.07, 6.45) is 0.636. The van der Waals surface area contributed by atoms with E-state index in [1.807, 2.05) is 18.2 Å². The number of halogens is 1. The van der Waals surface area contributed by atoms with Gasteiger partial charge in [-0.15, -0.1) is 0 Å². The molecule has 1 saturated heterocycles. The van der Waals surface area contributed by atoms with Crippen molar-refractivity contribution >= 4 is 27.4 Å². The van der Waals surface area contributed by atoms with Crippen molar-refractivity contribution in [1.29, 1.82) is 0 Å². The quantitative estimate of drug-likeness (QED) is 0.854. The van der Waals surface area contributed by atoms with Crippen LogP contribution in [0, 0.1) is 5.92 Å². The zero-order chi connectivity index (χ0) is 13.3. The molecule has 1 fully saturated rings. The maximum atomic E-state index is 11.7. The highest BCUT2D eigenvalue weighted by Gasteiger charge is 2.26. The van der Waals surface area contributed by atoms with Gasteiger partial charge >= 0.3 is 0 Å². The lowest BCUT2D eigenvalue weighted by Crippen LogP contribution is -2.43. The van der Waals surface area contributed by atoms with Crippen molar-refractivity contribution in [2.24, 2.45) is 5.92 Å². The second kappa shape index (κ2) is 5.41. The van der Waals surface area contributed by atoms with Gasteiger partial charge in [0.15, 0.2) is 5.78 Å². The molecule has 0 amide bonds. The van der Waals surface area contributed by atoms with E-state index in [1.54, 1.807) is 6.92 Å². The molecular weight excluding hydrogens is 294 g/mol. The molecule has 1 N–H and O–H groups in total. The number of benzene rings is 1. The molecular formula is C14H18BrNO2. The van der Waals surface area contributed by atoms with E-state index in [1.165, 1.54) is 0 Å². The fourth-order valence-electron chi connectivity index (χ4n) is 2.33. The number of aliphatic hydroxyl groups excluding tert-OH is 1. The Labute approximate surface area is 116 Å². The van der Waals surface area contributed by atoms with E-state index in [0.717, 1.165) is 23.1 Å². The largest absolute Gasteiger partial charge is 0.391 e. The van der Waals surface area contributed by atoms with Crippen LogP contribution in [0.1, 0.15) is 30.6 Å². The van der Waals surface area contributed by atoms with Crippen LogP contribution in [0.3, 0.4) is 0 Å². The zero-order valence-corrected chi connectivity index (χ0v) is 12.3. The van der Waals surface area contributed by atoms with Crippen molar-refractivity contribution in [3.63, 3.8) is 0 Å². The summed E-state index contributed by atoms with van der Waals surface area (Å²) in [5.41, 5.74) is 1.64. The first-order valence-electron chi connectivity index (χ1n) is 6.22. The Morgan fingerprint density at radius 2 is 2.22 bits per heavy atom. The molecule has 0 saturated carbocycles. The van der Waals surface area contributed by atoms with Crippen molar-refractivity contribution in [2.75, 3.05) is 18.0 Å². The summed E-state index contributed by atoms with van der Waals surface area (Å²) in [6, 6.07) is 5.73. The highest BCUT2D eigenvalue weighted by atomic mass is 79.9. The predicted molar refractivity (Wildman–Crippen MR) is 76.1 cm³/mol. The number of aliphatic hydroxyl groups is 1. The summed E-state index contributed by atoms with van der Waals surface area (Å²) in [5, 5.41) is 9.96. The van der Waals surface area contributed by atoms with Gasteiger partial charge in [0.2, 0.25) is 0 Å². The standard InChI is InChI=1S/C14H18BrNO2/c1-9-5-6-16(8-14(9)18)13-4-3-11(15)7-12(13)10(2)17/h3-4,7,9,14,18H,5-6,8H2,1-2H3. The van der Waals surface area contributed by atoms with E-state index >= 15 is 0 Å². The molecule has 2 rings (SSSR count). The number of ketones is 1. The molecule has 1 aliphatic heterocycles.